The zero-order chi connectivity index (χ0) is 25.3. The number of anilines is 1. The van der Waals surface area contributed by atoms with E-state index in [1.165, 1.54) is 11.8 Å². The molecule has 0 spiro atoms. The van der Waals surface area contributed by atoms with Gasteiger partial charge >= 0.3 is 0 Å². The Morgan fingerprint density at radius 1 is 1.00 bits per heavy atom. The average molecular weight is 499 g/mol. The molecule has 0 radical (unpaired) electrons. The Morgan fingerprint density at radius 2 is 1.72 bits per heavy atom. The van der Waals surface area contributed by atoms with E-state index in [-0.39, 0.29) is 5.91 Å². The molecule has 4 rings (SSSR count). The fourth-order valence-electron chi connectivity index (χ4n) is 3.82. The molecular weight excluding hydrogens is 468 g/mol. The van der Waals surface area contributed by atoms with Crippen LogP contribution >= 0.6 is 11.8 Å². The van der Waals surface area contributed by atoms with Crippen LogP contribution in [0.4, 0.5) is 11.4 Å². The summed E-state index contributed by atoms with van der Waals surface area (Å²) in [6, 6.07) is 23.2. The van der Waals surface area contributed by atoms with Gasteiger partial charge in [0.1, 0.15) is 0 Å². The molecule has 0 unspecified atom stereocenters. The minimum Gasteiger partial charge on any atom is -0.490 e. The maximum absolute atomic E-state index is 13.6. The molecule has 0 N–H and O–H groups in total. The summed E-state index contributed by atoms with van der Waals surface area (Å²) in [7, 11) is 0. The Bertz CT molecular complexity index is 1270. The molecule has 1 aliphatic heterocycles. The standard InChI is InChI=1S/C30H30N2O3S/c1-4-13-23-19-22(20-26(34-6-3)28(23)35-18-5-2)21-27-29(33)32(25-16-11-8-12-17-25)30(36-27)31-24-14-9-7-10-15-24/h4,7-12,14-17,19-21H,1,5-6,13,18H2,2-3H3/b27-21+,31-30?. The second-order valence-corrected chi connectivity index (χ2v) is 9.11. The Labute approximate surface area is 217 Å². The van der Waals surface area contributed by atoms with Crippen LogP contribution in [0.3, 0.4) is 0 Å². The maximum atomic E-state index is 13.6. The van der Waals surface area contributed by atoms with Crippen LogP contribution < -0.4 is 14.4 Å². The number of nitrogens with zero attached hydrogens (tertiary/aromatic N) is 2. The van der Waals surface area contributed by atoms with Crippen molar-refractivity contribution in [3.63, 3.8) is 0 Å². The van der Waals surface area contributed by atoms with Crippen LogP contribution in [0.2, 0.25) is 0 Å². The summed E-state index contributed by atoms with van der Waals surface area (Å²) in [5.41, 5.74) is 3.41. The molecule has 3 aromatic carbocycles. The smallest absolute Gasteiger partial charge is 0.271 e. The van der Waals surface area contributed by atoms with Gasteiger partial charge in [-0.05, 0) is 79.6 Å². The molecule has 1 aliphatic rings. The maximum Gasteiger partial charge on any atom is 0.271 e. The number of thioether (sulfide) groups is 1. The average Bonchev–Trinajstić information content (AvgIpc) is 3.19. The Kier molecular flexibility index (Phi) is 8.63. The van der Waals surface area contributed by atoms with E-state index in [1.54, 1.807) is 4.90 Å². The number of rotatable bonds is 10. The summed E-state index contributed by atoms with van der Waals surface area (Å²) in [6.45, 7) is 9.03. The number of hydrogen-bond donors (Lipinski definition) is 0. The zero-order valence-corrected chi connectivity index (χ0v) is 21.5. The van der Waals surface area contributed by atoms with Crippen molar-refractivity contribution in [3.05, 3.63) is 101 Å². The Morgan fingerprint density at radius 3 is 2.39 bits per heavy atom. The lowest BCUT2D eigenvalue weighted by Crippen LogP contribution is -2.28. The summed E-state index contributed by atoms with van der Waals surface area (Å²) < 4.78 is 12.0. The lowest BCUT2D eigenvalue weighted by Gasteiger charge is -2.16. The lowest BCUT2D eigenvalue weighted by atomic mass is 10.0. The van der Waals surface area contributed by atoms with Gasteiger partial charge in [0.25, 0.3) is 5.91 Å². The van der Waals surface area contributed by atoms with Gasteiger partial charge in [-0.2, -0.15) is 0 Å². The van der Waals surface area contributed by atoms with E-state index < -0.39 is 0 Å². The first-order chi connectivity index (χ1) is 17.6. The zero-order valence-electron chi connectivity index (χ0n) is 20.6. The number of aliphatic imine (C=N–C) groups is 1. The highest BCUT2D eigenvalue weighted by Crippen LogP contribution is 2.39. The monoisotopic (exact) mass is 498 g/mol. The Hall–Kier alpha value is -3.77. The number of para-hydroxylation sites is 2. The normalized spacial score (nSPS) is 15.5. The van der Waals surface area contributed by atoms with E-state index in [1.807, 2.05) is 91.9 Å². The van der Waals surface area contributed by atoms with Gasteiger partial charge in [0.05, 0.1) is 29.5 Å². The number of amidine groups is 1. The van der Waals surface area contributed by atoms with Gasteiger partial charge in [-0.25, -0.2) is 4.99 Å². The lowest BCUT2D eigenvalue weighted by molar-refractivity contribution is -0.113. The molecule has 0 atom stereocenters. The van der Waals surface area contributed by atoms with E-state index in [2.05, 4.69) is 13.5 Å². The molecule has 1 amide bonds. The predicted molar refractivity (Wildman–Crippen MR) is 150 cm³/mol. The van der Waals surface area contributed by atoms with Gasteiger partial charge < -0.3 is 9.47 Å². The quantitative estimate of drug-likeness (QED) is 0.216. The van der Waals surface area contributed by atoms with Gasteiger partial charge in [0, 0.05) is 5.56 Å². The number of hydrogen-bond acceptors (Lipinski definition) is 5. The largest absolute Gasteiger partial charge is 0.490 e. The van der Waals surface area contributed by atoms with Crippen molar-refractivity contribution in [2.45, 2.75) is 26.7 Å². The number of carbonyl (C=O) groups is 1. The fourth-order valence-corrected chi connectivity index (χ4v) is 4.82. The highest BCUT2D eigenvalue weighted by atomic mass is 32.2. The highest BCUT2D eigenvalue weighted by molar-refractivity contribution is 8.19. The van der Waals surface area contributed by atoms with Gasteiger partial charge in [-0.15, -0.1) is 6.58 Å². The SMILES string of the molecule is C=CCc1cc(/C=C2/SC(=Nc3ccccc3)N(c3ccccc3)C2=O)cc(OCC)c1OCCC. The first kappa shape index (κ1) is 25.3. The molecule has 0 bridgehead atoms. The molecule has 3 aromatic rings. The van der Waals surface area contributed by atoms with E-state index in [9.17, 15) is 4.79 Å². The molecule has 36 heavy (non-hydrogen) atoms. The Balaban J connectivity index is 1.77. The van der Waals surface area contributed by atoms with Gasteiger partial charge in [-0.3, -0.25) is 9.69 Å². The minimum atomic E-state index is -0.115. The van der Waals surface area contributed by atoms with E-state index >= 15 is 0 Å². The number of ether oxygens (including phenoxy) is 2. The van der Waals surface area contributed by atoms with Crippen LogP contribution in [0, 0.1) is 0 Å². The van der Waals surface area contributed by atoms with Crippen LogP contribution in [0.15, 0.2) is 95.3 Å². The van der Waals surface area contributed by atoms with Gasteiger partial charge in [-0.1, -0.05) is 49.4 Å². The molecule has 6 heteroatoms. The van der Waals surface area contributed by atoms with Crippen molar-refractivity contribution in [1.29, 1.82) is 0 Å². The van der Waals surface area contributed by atoms with Crippen molar-refractivity contribution in [2.24, 2.45) is 4.99 Å². The van der Waals surface area contributed by atoms with Crippen molar-refractivity contribution in [3.8, 4) is 11.5 Å². The third-order valence-electron chi connectivity index (χ3n) is 5.37. The van der Waals surface area contributed by atoms with Crippen molar-refractivity contribution < 1.29 is 14.3 Å². The first-order valence-electron chi connectivity index (χ1n) is 12.1. The molecule has 0 aliphatic carbocycles. The van der Waals surface area contributed by atoms with Crippen LogP contribution in [0.5, 0.6) is 11.5 Å². The third-order valence-corrected chi connectivity index (χ3v) is 6.34. The summed E-state index contributed by atoms with van der Waals surface area (Å²) in [4.78, 5) is 20.7. The van der Waals surface area contributed by atoms with E-state index in [4.69, 9.17) is 14.5 Å². The summed E-state index contributed by atoms with van der Waals surface area (Å²) >= 11 is 1.36. The van der Waals surface area contributed by atoms with Crippen molar-refractivity contribution in [1.82, 2.24) is 0 Å². The van der Waals surface area contributed by atoms with Crippen LogP contribution in [0.25, 0.3) is 6.08 Å². The summed E-state index contributed by atoms with van der Waals surface area (Å²) in [5.74, 6) is 1.30. The summed E-state index contributed by atoms with van der Waals surface area (Å²) in [6.07, 6.45) is 5.27. The van der Waals surface area contributed by atoms with E-state index in [0.717, 1.165) is 34.7 Å². The van der Waals surface area contributed by atoms with Crippen molar-refractivity contribution >= 4 is 40.3 Å². The molecular formula is C30H30N2O3S. The fraction of sp³-hybridized carbons (Fsp3) is 0.200. The van der Waals surface area contributed by atoms with Crippen LogP contribution in [-0.4, -0.2) is 24.3 Å². The van der Waals surface area contributed by atoms with Crippen LogP contribution in [0.1, 0.15) is 31.4 Å². The van der Waals surface area contributed by atoms with E-state index in [0.29, 0.717) is 35.5 Å². The number of amides is 1. The second kappa shape index (κ2) is 12.3. The topological polar surface area (TPSA) is 51.1 Å². The van der Waals surface area contributed by atoms with Gasteiger partial charge in [0.2, 0.25) is 0 Å². The molecule has 1 heterocycles. The summed E-state index contributed by atoms with van der Waals surface area (Å²) in [5, 5.41) is 0.614. The molecule has 1 fully saturated rings. The molecule has 0 saturated carbocycles. The number of carbonyl (C=O) groups excluding carboxylic acids is 1. The highest BCUT2D eigenvalue weighted by Gasteiger charge is 2.34. The molecule has 184 valence electrons. The number of allylic oxidation sites excluding steroid dienone is 1. The first-order valence-corrected chi connectivity index (χ1v) is 12.9. The third kappa shape index (κ3) is 5.89. The molecule has 5 nitrogen and oxygen atoms in total. The van der Waals surface area contributed by atoms with Crippen molar-refractivity contribution in [2.75, 3.05) is 18.1 Å². The second-order valence-electron chi connectivity index (χ2n) is 8.10. The van der Waals surface area contributed by atoms with Gasteiger partial charge in [0.15, 0.2) is 16.7 Å². The number of benzene rings is 3. The minimum absolute atomic E-state index is 0.115. The van der Waals surface area contributed by atoms with Crippen LogP contribution in [-0.2, 0) is 11.2 Å². The predicted octanol–water partition coefficient (Wildman–Crippen LogP) is 7.41. The molecule has 0 aromatic heterocycles. The molecule has 1 saturated heterocycles.